The fraction of sp³-hybridized carbons (Fsp3) is 0.591. The maximum Gasteiger partial charge on any atom is 0.233 e. The number of hydrogen-bond acceptors (Lipinski definition) is 4. The van der Waals surface area contributed by atoms with Gasteiger partial charge in [0.25, 0.3) is 0 Å². The van der Waals surface area contributed by atoms with E-state index in [0.29, 0.717) is 36.2 Å². The second-order valence-corrected chi connectivity index (χ2v) is 8.70. The number of imide groups is 1. The van der Waals surface area contributed by atoms with Crippen LogP contribution in [-0.4, -0.2) is 42.8 Å². The molecule has 0 spiro atoms. The molecule has 0 radical (unpaired) electrons. The molecule has 2 fully saturated rings. The van der Waals surface area contributed by atoms with E-state index in [0.717, 1.165) is 24.8 Å². The number of ether oxygens (including phenoxy) is 1. The van der Waals surface area contributed by atoms with Crippen LogP contribution in [0.15, 0.2) is 12.1 Å². The van der Waals surface area contributed by atoms with Gasteiger partial charge in [0.05, 0.1) is 17.5 Å². The third-order valence-corrected chi connectivity index (χ3v) is 6.73. The summed E-state index contributed by atoms with van der Waals surface area (Å²) >= 11 is 6.38. The van der Waals surface area contributed by atoms with Crippen molar-refractivity contribution in [3.63, 3.8) is 0 Å². The Morgan fingerprint density at radius 2 is 2.00 bits per heavy atom. The number of benzene rings is 1. The summed E-state index contributed by atoms with van der Waals surface area (Å²) < 4.78 is 5.43. The molecule has 1 N–H and O–H groups in total. The molecule has 1 atom stereocenters. The van der Waals surface area contributed by atoms with E-state index in [1.165, 1.54) is 5.56 Å². The van der Waals surface area contributed by atoms with Gasteiger partial charge in [-0.05, 0) is 48.8 Å². The van der Waals surface area contributed by atoms with E-state index in [2.05, 4.69) is 18.3 Å². The highest BCUT2D eigenvalue weighted by atomic mass is 35.5. The summed E-state index contributed by atoms with van der Waals surface area (Å²) in [6, 6.07) is 4.17. The number of nitrogens with zero attached hydrogens (tertiary/aromatic N) is 1. The van der Waals surface area contributed by atoms with Crippen molar-refractivity contribution >= 4 is 29.3 Å². The summed E-state index contributed by atoms with van der Waals surface area (Å²) in [6.45, 7) is 5.21. The van der Waals surface area contributed by atoms with Gasteiger partial charge < -0.3 is 9.64 Å². The molecule has 0 aliphatic carbocycles. The number of amides is 3. The first-order valence-corrected chi connectivity index (χ1v) is 10.6. The van der Waals surface area contributed by atoms with E-state index in [1.807, 2.05) is 11.0 Å². The molecule has 0 aromatic heterocycles. The molecule has 2 heterocycles. The Bertz CT molecular complexity index is 792. The van der Waals surface area contributed by atoms with E-state index in [-0.39, 0.29) is 30.6 Å². The Morgan fingerprint density at radius 3 is 2.55 bits per heavy atom. The Kier molecular flexibility index (Phi) is 6.52. The number of halogens is 1. The quantitative estimate of drug-likeness (QED) is 0.715. The zero-order valence-corrected chi connectivity index (χ0v) is 18.1. The predicted molar refractivity (Wildman–Crippen MR) is 111 cm³/mol. The molecule has 0 unspecified atom stereocenters. The molecule has 2 aliphatic rings. The van der Waals surface area contributed by atoms with Crippen molar-refractivity contribution in [3.05, 3.63) is 28.3 Å². The van der Waals surface area contributed by atoms with Crippen molar-refractivity contribution < 1.29 is 19.1 Å². The number of rotatable bonds is 6. The van der Waals surface area contributed by atoms with Gasteiger partial charge in [-0.25, -0.2) is 0 Å². The molecular weight excluding hydrogens is 392 g/mol. The fourth-order valence-electron chi connectivity index (χ4n) is 4.28. The lowest BCUT2D eigenvalue weighted by molar-refractivity contribution is -0.133. The van der Waals surface area contributed by atoms with Crippen LogP contribution < -0.4 is 10.1 Å². The predicted octanol–water partition coefficient (Wildman–Crippen LogP) is 3.45. The lowest BCUT2D eigenvalue weighted by Crippen LogP contribution is -2.39. The Labute approximate surface area is 176 Å². The number of methoxy groups -OCH3 is 1. The first-order valence-electron chi connectivity index (χ1n) is 10.3. The highest BCUT2D eigenvalue weighted by Gasteiger charge is 2.42. The number of nitrogens with one attached hydrogen (secondary N) is 1. The monoisotopic (exact) mass is 420 g/mol. The van der Waals surface area contributed by atoms with Crippen molar-refractivity contribution in [2.45, 2.75) is 58.3 Å². The van der Waals surface area contributed by atoms with Crippen molar-refractivity contribution in [1.82, 2.24) is 10.2 Å². The van der Waals surface area contributed by atoms with Crippen LogP contribution in [0.5, 0.6) is 5.75 Å². The number of piperidine rings is 1. The molecule has 7 heteroatoms. The van der Waals surface area contributed by atoms with Gasteiger partial charge in [-0.15, -0.1) is 0 Å². The lowest BCUT2D eigenvalue weighted by atomic mass is 9.83. The molecule has 1 aromatic rings. The molecule has 158 valence electrons. The van der Waals surface area contributed by atoms with Gasteiger partial charge in [0, 0.05) is 25.9 Å². The van der Waals surface area contributed by atoms with Gasteiger partial charge in [-0.3, -0.25) is 19.7 Å². The minimum absolute atomic E-state index is 0.0553. The Hall–Kier alpha value is -2.08. The summed E-state index contributed by atoms with van der Waals surface area (Å²) in [7, 11) is 1.63. The molecule has 29 heavy (non-hydrogen) atoms. The van der Waals surface area contributed by atoms with Gasteiger partial charge in [0.15, 0.2) is 0 Å². The third kappa shape index (κ3) is 4.58. The van der Waals surface area contributed by atoms with Crippen molar-refractivity contribution in [2.75, 3.05) is 20.2 Å². The van der Waals surface area contributed by atoms with Gasteiger partial charge in [-0.2, -0.15) is 0 Å². The summed E-state index contributed by atoms with van der Waals surface area (Å²) in [6.07, 6.45) is 3.47. The number of likely N-dealkylation sites (tertiary alicyclic amines) is 1. The second-order valence-electron chi connectivity index (χ2n) is 8.32. The second kappa shape index (κ2) is 8.74. The first kappa shape index (κ1) is 21.6. The molecule has 2 saturated heterocycles. The van der Waals surface area contributed by atoms with Crippen LogP contribution in [-0.2, 0) is 20.8 Å². The van der Waals surface area contributed by atoms with Crippen LogP contribution in [0.1, 0.15) is 63.0 Å². The highest BCUT2D eigenvalue weighted by Crippen LogP contribution is 2.37. The maximum absolute atomic E-state index is 12.6. The minimum Gasteiger partial charge on any atom is -0.495 e. The molecule has 6 nitrogen and oxygen atoms in total. The molecule has 2 aliphatic heterocycles. The van der Waals surface area contributed by atoms with Crippen LogP contribution in [0.2, 0.25) is 5.02 Å². The molecule has 3 rings (SSSR count). The van der Waals surface area contributed by atoms with E-state index < -0.39 is 5.41 Å². The van der Waals surface area contributed by atoms with Crippen LogP contribution in [0.4, 0.5) is 0 Å². The van der Waals surface area contributed by atoms with Crippen LogP contribution in [0.3, 0.4) is 0 Å². The Morgan fingerprint density at radius 1 is 1.31 bits per heavy atom. The average Bonchev–Trinajstić information content (AvgIpc) is 2.98. The van der Waals surface area contributed by atoms with Crippen molar-refractivity contribution in [2.24, 2.45) is 5.41 Å². The summed E-state index contributed by atoms with van der Waals surface area (Å²) in [5.41, 5.74) is 1.53. The van der Waals surface area contributed by atoms with Gasteiger partial charge in [-0.1, -0.05) is 31.5 Å². The van der Waals surface area contributed by atoms with Gasteiger partial charge in [0.1, 0.15) is 5.75 Å². The summed E-state index contributed by atoms with van der Waals surface area (Å²) in [4.78, 5) is 37.9. The third-order valence-electron chi connectivity index (χ3n) is 6.30. The van der Waals surface area contributed by atoms with E-state index in [4.69, 9.17) is 16.3 Å². The first-order chi connectivity index (χ1) is 13.8. The van der Waals surface area contributed by atoms with Crippen molar-refractivity contribution in [3.8, 4) is 5.75 Å². The van der Waals surface area contributed by atoms with E-state index >= 15 is 0 Å². The van der Waals surface area contributed by atoms with E-state index in [1.54, 1.807) is 14.0 Å². The number of hydrogen-bond donors (Lipinski definition) is 1. The number of aryl methyl sites for hydroxylation is 1. The number of carbonyl (C=O) groups is 3. The van der Waals surface area contributed by atoms with Crippen LogP contribution in [0, 0.1) is 5.41 Å². The molecule has 3 amide bonds. The molecule has 0 bridgehead atoms. The zero-order valence-electron chi connectivity index (χ0n) is 17.3. The lowest BCUT2D eigenvalue weighted by Gasteiger charge is -2.33. The highest BCUT2D eigenvalue weighted by molar-refractivity contribution is 6.32. The molecular formula is C22H29ClN2O4. The molecule has 1 aromatic carbocycles. The SMILES string of the molecule is CCc1cc(C2CCN(C(=O)CC[C@@]3(C)CC(=O)NC3=O)CC2)cc(OC)c1Cl. The van der Waals surface area contributed by atoms with Crippen LogP contribution >= 0.6 is 11.6 Å². The largest absolute Gasteiger partial charge is 0.495 e. The topological polar surface area (TPSA) is 75.7 Å². The summed E-state index contributed by atoms with van der Waals surface area (Å²) in [5, 5.41) is 3.01. The minimum atomic E-state index is -0.762. The summed E-state index contributed by atoms with van der Waals surface area (Å²) in [5.74, 6) is 0.608. The molecule has 0 saturated carbocycles. The Balaban J connectivity index is 1.57. The van der Waals surface area contributed by atoms with Crippen LogP contribution in [0.25, 0.3) is 0 Å². The standard InChI is InChI=1S/C22H29ClN2O4/c1-4-14-11-16(12-17(29-3)20(14)23)15-6-9-25(10-7-15)19(27)5-8-22(2)13-18(26)24-21(22)28/h11-12,15H,4-10,13H2,1-3H3,(H,24,26,28)/t22-/m0/s1. The number of carbonyl (C=O) groups excluding carboxylic acids is 3. The zero-order chi connectivity index (χ0) is 21.2. The van der Waals surface area contributed by atoms with Gasteiger partial charge in [0.2, 0.25) is 17.7 Å². The smallest absolute Gasteiger partial charge is 0.233 e. The average molecular weight is 421 g/mol. The van der Waals surface area contributed by atoms with E-state index in [9.17, 15) is 14.4 Å². The normalized spacial score (nSPS) is 22.7. The van der Waals surface area contributed by atoms with Gasteiger partial charge >= 0.3 is 0 Å². The maximum atomic E-state index is 12.6. The fourth-order valence-corrected chi connectivity index (χ4v) is 4.60. The van der Waals surface area contributed by atoms with Crippen molar-refractivity contribution in [1.29, 1.82) is 0 Å².